The smallest absolute Gasteiger partial charge is 0.133 e. The van der Waals surface area contributed by atoms with Gasteiger partial charge in [-0.1, -0.05) is 116 Å². The molecule has 0 saturated carbocycles. The van der Waals surface area contributed by atoms with Gasteiger partial charge in [-0.2, -0.15) is 0 Å². The predicted octanol–water partition coefficient (Wildman–Crippen LogP) is 10.3. The van der Waals surface area contributed by atoms with E-state index in [1.807, 2.05) is 43.3 Å². The quantitative estimate of drug-likeness (QED) is 0.192. The molecule has 7 rings (SSSR count). The standard InChI is InChI=1S/C42H36O3/c1-4-40(43)37-27-30(29-15-13-28(2)14-16-29)17-26-41(37)45-34-24-20-32(21-25-34)42(31-18-22-33(44-3)23-19-31)38-11-7-5-9-35(38)36-10-6-8-12-39(36)42/h5-27,40,43H,4H2,1-3H3. The summed E-state index contributed by atoms with van der Waals surface area (Å²) < 4.78 is 12.0. The SMILES string of the molecule is CCC(O)c1cc(-c2ccc(C)cc2)ccc1Oc1ccc(C2(c3ccc(OC)cc3)c3ccccc3-c3ccccc32)cc1. The molecule has 1 unspecified atom stereocenters. The second-order valence-corrected chi connectivity index (χ2v) is 11.7. The first kappa shape index (κ1) is 28.6. The zero-order chi connectivity index (χ0) is 31.0. The number of hydrogen-bond acceptors (Lipinski definition) is 3. The largest absolute Gasteiger partial charge is 0.497 e. The van der Waals surface area contributed by atoms with Gasteiger partial charge in [0.1, 0.15) is 17.2 Å². The molecule has 0 radical (unpaired) electrons. The van der Waals surface area contributed by atoms with Gasteiger partial charge in [0.2, 0.25) is 0 Å². The van der Waals surface area contributed by atoms with Crippen molar-refractivity contribution in [2.24, 2.45) is 0 Å². The van der Waals surface area contributed by atoms with Crippen LogP contribution in [0, 0.1) is 6.92 Å². The van der Waals surface area contributed by atoms with Crippen LogP contribution < -0.4 is 9.47 Å². The predicted molar refractivity (Wildman–Crippen MR) is 182 cm³/mol. The van der Waals surface area contributed by atoms with Crippen LogP contribution in [0.2, 0.25) is 0 Å². The fraction of sp³-hybridized carbons (Fsp3) is 0.143. The van der Waals surface area contributed by atoms with Gasteiger partial charge in [0.25, 0.3) is 0 Å². The van der Waals surface area contributed by atoms with Crippen LogP contribution in [0.25, 0.3) is 22.3 Å². The summed E-state index contributed by atoms with van der Waals surface area (Å²) in [6.45, 7) is 4.07. The molecular weight excluding hydrogens is 552 g/mol. The molecule has 45 heavy (non-hydrogen) atoms. The van der Waals surface area contributed by atoms with E-state index in [2.05, 4.69) is 110 Å². The molecule has 0 heterocycles. The minimum absolute atomic E-state index is 0.503. The Balaban J connectivity index is 1.31. The first-order valence-electron chi connectivity index (χ1n) is 15.5. The maximum atomic E-state index is 11.0. The second kappa shape index (κ2) is 11.8. The number of rotatable bonds is 8. The summed E-state index contributed by atoms with van der Waals surface area (Å²) in [6.07, 6.45) is -0.0370. The maximum Gasteiger partial charge on any atom is 0.133 e. The van der Waals surface area contributed by atoms with Crippen LogP contribution in [-0.4, -0.2) is 12.2 Å². The average Bonchev–Trinajstić information content (AvgIpc) is 3.40. The highest BCUT2D eigenvalue weighted by molar-refractivity contribution is 5.86. The van der Waals surface area contributed by atoms with Crippen molar-refractivity contribution in [3.8, 4) is 39.5 Å². The number of aryl methyl sites for hydroxylation is 1. The summed E-state index contributed by atoms with van der Waals surface area (Å²) in [5.41, 5.74) is 11.0. The minimum atomic E-state index is -0.630. The topological polar surface area (TPSA) is 38.7 Å². The van der Waals surface area contributed by atoms with Crippen molar-refractivity contribution in [1.82, 2.24) is 0 Å². The van der Waals surface area contributed by atoms with Gasteiger partial charge in [0.05, 0.1) is 18.6 Å². The van der Waals surface area contributed by atoms with Crippen molar-refractivity contribution in [1.29, 1.82) is 0 Å². The average molecular weight is 589 g/mol. The van der Waals surface area contributed by atoms with E-state index in [4.69, 9.17) is 9.47 Å². The fourth-order valence-corrected chi connectivity index (χ4v) is 6.81. The Hall–Kier alpha value is -5.12. The molecule has 0 amide bonds. The molecule has 1 aliphatic rings. The van der Waals surface area contributed by atoms with Crippen molar-refractivity contribution >= 4 is 0 Å². The highest BCUT2D eigenvalue weighted by atomic mass is 16.5. The van der Waals surface area contributed by atoms with E-state index in [1.165, 1.54) is 33.4 Å². The summed E-state index contributed by atoms with van der Waals surface area (Å²) in [5.74, 6) is 2.21. The first-order valence-corrected chi connectivity index (χ1v) is 15.5. The lowest BCUT2D eigenvalue weighted by molar-refractivity contribution is 0.170. The molecule has 6 aromatic rings. The van der Waals surface area contributed by atoms with Gasteiger partial charge in [-0.15, -0.1) is 0 Å². The number of benzene rings is 6. The molecule has 1 aliphatic carbocycles. The summed E-state index contributed by atoms with van der Waals surface area (Å²) >= 11 is 0. The van der Waals surface area contributed by atoms with Crippen LogP contribution in [0.3, 0.4) is 0 Å². The molecule has 6 aromatic carbocycles. The molecule has 1 N–H and O–H groups in total. The van der Waals surface area contributed by atoms with Gasteiger partial charge in [-0.3, -0.25) is 0 Å². The summed E-state index contributed by atoms with van der Waals surface area (Å²) in [4.78, 5) is 0. The van der Waals surface area contributed by atoms with E-state index >= 15 is 0 Å². The third-order valence-corrected chi connectivity index (χ3v) is 9.13. The third-order valence-electron chi connectivity index (χ3n) is 9.13. The second-order valence-electron chi connectivity index (χ2n) is 11.7. The van der Waals surface area contributed by atoms with Gasteiger partial charge in [-0.25, -0.2) is 0 Å². The highest BCUT2D eigenvalue weighted by Gasteiger charge is 2.45. The molecule has 1 atom stereocenters. The number of ether oxygens (including phenoxy) is 2. The molecule has 222 valence electrons. The number of methoxy groups -OCH3 is 1. The number of fused-ring (bicyclic) bond motifs is 3. The lowest BCUT2D eigenvalue weighted by atomic mass is 9.68. The van der Waals surface area contributed by atoms with Crippen LogP contribution in [0.15, 0.2) is 140 Å². The van der Waals surface area contributed by atoms with E-state index in [-0.39, 0.29) is 0 Å². The Morgan fingerprint density at radius 1 is 0.622 bits per heavy atom. The molecule has 0 bridgehead atoms. The Bertz CT molecular complexity index is 1910. The Morgan fingerprint density at radius 3 is 1.71 bits per heavy atom. The van der Waals surface area contributed by atoms with E-state index < -0.39 is 11.5 Å². The molecule has 0 fully saturated rings. The van der Waals surface area contributed by atoms with Crippen LogP contribution in [0.5, 0.6) is 17.2 Å². The molecule has 0 spiro atoms. The Kier molecular flexibility index (Phi) is 7.48. The summed E-state index contributed by atoms with van der Waals surface area (Å²) in [5, 5.41) is 11.0. The van der Waals surface area contributed by atoms with Crippen molar-refractivity contribution < 1.29 is 14.6 Å². The number of aliphatic hydroxyl groups excluding tert-OH is 1. The van der Waals surface area contributed by atoms with Crippen molar-refractivity contribution in [2.75, 3.05) is 7.11 Å². The van der Waals surface area contributed by atoms with E-state index in [0.717, 1.165) is 33.8 Å². The molecule has 0 aromatic heterocycles. The van der Waals surface area contributed by atoms with Gasteiger partial charge in [0, 0.05) is 5.56 Å². The third kappa shape index (κ3) is 4.90. The Labute approximate surface area is 265 Å². The van der Waals surface area contributed by atoms with Crippen molar-refractivity contribution in [2.45, 2.75) is 31.8 Å². The molecular formula is C42H36O3. The molecule has 3 heteroatoms. The van der Waals surface area contributed by atoms with Gasteiger partial charge < -0.3 is 14.6 Å². The van der Waals surface area contributed by atoms with Crippen LogP contribution in [0.1, 0.15) is 52.8 Å². The monoisotopic (exact) mass is 588 g/mol. The molecule has 0 aliphatic heterocycles. The summed E-state index contributed by atoms with van der Waals surface area (Å²) in [7, 11) is 1.70. The minimum Gasteiger partial charge on any atom is -0.497 e. The fourth-order valence-electron chi connectivity index (χ4n) is 6.81. The lowest BCUT2D eigenvalue weighted by Gasteiger charge is -2.34. The molecule has 3 nitrogen and oxygen atoms in total. The lowest BCUT2D eigenvalue weighted by Crippen LogP contribution is -2.28. The van der Waals surface area contributed by atoms with E-state index in [1.54, 1.807) is 7.11 Å². The van der Waals surface area contributed by atoms with Crippen molar-refractivity contribution in [3.63, 3.8) is 0 Å². The maximum absolute atomic E-state index is 11.0. The summed E-state index contributed by atoms with van der Waals surface area (Å²) in [6, 6.07) is 48.8. The zero-order valence-electron chi connectivity index (χ0n) is 25.8. The first-order chi connectivity index (χ1) is 22.0. The van der Waals surface area contributed by atoms with Crippen molar-refractivity contribution in [3.05, 3.63) is 173 Å². The highest BCUT2D eigenvalue weighted by Crippen LogP contribution is 2.56. The number of hydrogen-bond donors (Lipinski definition) is 1. The molecule has 0 saturated heterocycles. The Morgan fingerprint density at radius 2 is 1.16 bits per heavy atom. The number of aliphatic hydroxyl groups is 1. The normalized spacial score (nSPS) is 13.5. The van der Waals surface area contributed by atoms with Gasteiger partial charge >= 0.3 is 0 Å². The van der Waals surface area contributed by atoms with Crippen LogP contribution in [0.4, 0.5) is 0 Å². The zero-order valence-corrected chi connectivity index (χ0v) is 25.8. The van der Waals surface area contributed by atoms with E-state index in [0.29, 0.717) is 12.2 Å². The van der Waals surface area contributed by atoms with Gasteiger partial charge in [-0.05, 0) is 94.3 Å². The van der Waals surface area contributed by atoms with E-state index in [9.17, 15) is 5.11 Å². The van der Waals surface area contributed by atoms with Crippen LogP contribution >= 0.6 is 0 Å². The van der Waals surface area contributed by atoms with Gasteiger partial charge in [0.15, 0.2) is 0 Å². The van der Waals surface area contributed by atoms with Crippen LogP contribution in [-0.2, 0) is 5.41 Å².